The number of hydrogen-bond acceptors (Lipinski definition) is 15. The van der Waals surface area contributed by atoms with Gasteiger partial charge in [0, 0.05) is 25.7 Å². The van der Waals surface area contributed by atoms with Crippen LogP contribution in [0.3, 0.4) is 0 Å². The first-order valence-corrected chi connectivity index (χ1v) is 44.1. The highest BCUT2D eigenvalue weighted by Crippen LogP contribution is 2.45. The van der Waals surface area contributed by atoms with Crippen molar-refractivity contribution < 1.29 is 80.2 Å². The number of carbonyl (C=O) groups is 4. The standard InChI is InChI=1S/C79H154O17P2/c1-6-9-12-15-17-19-21-23-25-26-27-28-29-30-33-38-42-46-50-55-60-65-79(84)96-75(69-90-77(82)63-58-53-48-44-40-37-34-31-32-35-39-43-47-52-56-61-72(4)5)71-94-98(87,88)92-67-73(80)66-91-97(85,86)93-70-74(68-89-76(81)62-57-51-14-11-8-3)95-78(83)64-59-54-49-45-41-36-24-22-20-18-16-13-10-7-2/h72-75,80H,6-71H2,1-5H3,(H,85,86)(H,87,88)/t73-,74+,75+/m0/s1. The summed E-state index contributed by atoms with van der Waals surface area (Å²) < 4.78 is 68.4. The smallest absolute Gasteiger partial charge is 0.462 e. The van der Waals surface area contributed by atoms with E-state index in [1.807, 2.05) is 0 Å². The molecule has 0 aromatic rings. The summed E-state index contributed by atoms with van der Waals surface area (Å²) in [4.78, 5) is 72.6. The molecule has 0 saturated carbocycles. The Balaban J connectivity index is 5.12. The van der Waals surface area contributed by atoms with Crippen LogP contribution in [0.2, 0.25) is 0 Å². The average molecular weight is 1440 g/mol. The van der Waals surface area contributed by atoms with Crippen molar-refractivity contribution in [3.63, 3.8) is 0 Å². The fourth-order valence-corrected chi connectivity index (χ4v) is 13.8. The van der Waals surface area contributed by atoms with E-state index in [2.05, 4.69) is 34.6 Å². The molecule has 0 aliphatic heterocycles. The molecule has 0 radical (unpaired) electrons. The van der Waals surface area contributed by atoms with Crippen LogP contribution in [-0.2, 0) is 65.4 Å². The summed E-state index contributed by atoms with van der Waals surface area (Å²) in [5, 5.41) is 10.6. The lowest BCUT2D eigenvalue weighted by molar-refractivity contribution is -0.161. The Morgan fingerprint density at radius 1 is 0.276 bits per heavy atom. The molecule has 0 spiro atoms. The lowest BCUT2D eigenvalue weighted by atomic mass is 10.0. The van der Waals surface area contributed by atoms with Crippen LogP contribution in [0, 0.1) is 5.92 Å². The fourth-order valence-electron chi connectivity index (χ4n) is 12.2. The zero-order valence-corrected chi connectivity index (χ0v) is 65.7. The molecule has 0 heterocycles. The van der Waals surface area contributed by atoms with Gasteiger partial charge in [-0.15, -0.1) is 0 Å². The molecule has 3 N–H and O–H groups in total. The molecule has 0 fully saturated rings. The summed E-state index contributed by atoms with van der Waals surface area (Å²) in [5.41, 5.74) is 0. The van der Waals surface area contributed by atoms with Crippen molar-refractivity contribution in [1.82, 2.24) is 0 Å². The molecule has 2 unspecified atom stereocenters. The van der Waals surface area contributed by atoms with E-state index >= 15 is 0 Å². The SMILES string of the molecule is CCCCCCCCCCCCCCCCCCCCCCCC(=O)O[C@H](COC(=O)CCCCCCCCCCCCCCCCCC(C)C)COP(=O)(O)OC[C@@H](O)COP(=O)(O)OC[C@@H](COC(=O)CCCCCCC)OC(=O)CCCCCCCCCCCCCCCC. The molecular formula is C79H154O17P2. The van der Waals surface area contributed by atoms with E-state index in [1.165, 1.54) is 238 Å². The van der Waals surface area contributed by atoms with Gasteiger partial charge in [-0.25, -0.2) is 9.13 Å². The number of esters is 4. The Labute approximate surface area is 600 Å². The van der Waals surface area contributed by atoms with Gasteiger partial charge in [-0.1, -0.05) is 369 Å². The summed E-state index contributed by atoms with van der Waals surface area (Å²) in [7, 11) is -9.90. The second-order valence-electron chi connectivity index (χ2n) is 28.9. The number of aliphatic hydroxyl groups excluding tert-OH is 1. The van der Waals surface area contributed by atoms with Gasteiger partial charge in [0.2, 0.25) is 0 Å². The maximum absolute atomic E-state index is 13.1. The molecule has 0 aliphatic carbocycles. The van der Waals surface area contributed by atoms with Crippen LogP contribution in [0.4, 0.5) is 0 Å². The van der Waals surface area contributed by atoms with Crippen molar-refractivity contribution in [2.24, 2.45) is 5.92 Å². The van der Waals surface area contributed by atoms with Gasteiger partial charge >= 0.3 is 39.5 Å². The van der Waals surface area contributed by atoms with Crippen molar-refractivity contribution in [3.05, 3.63) is 0 Å². The molecule has 582 valence electrons. The minimum Gasteiger partial charge on any atom is -0.462 e. The minimum absolute atomic E-state index is 0.107. The highest BCUT2D eigenvalue weighted by atomic mass is 31.2. The summed E-state index contributed by atoms with van der Waals surface area (Å²) in [6.45, 7) is 7.25. The second kappa shape index (κ2) is 72.0. The first-order valence-electron chi connectivity index (χ1n) is 41.1. The maximum atomic E-state index is 13.1. The monoisotopic (exact) mass is 1440 g/mol. The number of phosphoric acid groups is 2. The summed E-state index contributed by atoms with van der Waals surface area (Å²) in [5.74, 6) is -1.31. The predicted octanol–water partition coefficient (Wildman–Crippen LogP) is 23.6. The predicted molar refractivity (Wildman–Crippen MR) is 400 cm³/mol. The number of phosphoric ester groups is 2. The van der Waals surface area contributed by atoms with E-state index in [-0.39, 0.29) is 25.7 Å². The Kier molecular flexibility index (Phi) is 70.6. The van der Waals surface area contributed by atoms with Crippen molar-refractivity contribution in [3.8, 4) is 0 Å². The molecule has 5 atom stereocenters. The topological polar surface area (TPSA) is 237 Å². The summed E-state index contributed by atoms with van der Waals surface area (Å²) in [6, 6.07) is 0. The zero-order chi connectivity index (χ0) is 71.9. The van der Waals surface area contributed by atoms with E-state index in [0.29, 0.717) is 25.7 Å². The molecule has 0 aromatic heterocycles. The third kappa shape index (κ3) is 72.4. The Hall–Kier alpha value is -1.94. The first kappa shape index (κ1) is 96.1. The number of carbonyl (C=O) groups excluding carboxylic acids is 4. The molecule has 0 aliphatic rings. The highest BCUT2D eigenvalue weighted by molar-refractivity contribution is 7.47. The molecular weight excluding hydrogens is 1280 g/mol. The van der Waals surface area contributed by atoms with Crippen LogP contribution >= 0.6 is 15.6 Å². The quantitative estimate of drug-likeness (QED) is 0.0222. The Morgan fingerprint density at radius 2 is 0.469 bits per heavy atom. The molecule has 98 heavy (non-hydrogen) atoms. The van der Waals surface area contributed by atoms with E-state index in [4.69, 9.17) is 37.0 Å². The van der Waals surface area contributed by atoms with Gasteiger partial charge in [0.25, 0.3) is 0 Å². The molecule has 0 saturated heterocycles. The largest absolute Gasteiger partial charge is 0.472 e. The van der Waals surface area contributed by atoms with Gasteiger partial charge in [-0.05, 0) is 31.6 Å². The Morgan fingerprint density at radius 3 is 0.694 bits per heavy atom. The third-order valence-corrected chi connectivity index (χ3v) is 20.4. The first-order chi connectivity index (χ1) is 47.5. The number of aliphatic hydroxyl groups is 1. The number of rotatable bonds is 79. The van der Waals surface area contributed by atoms with E-state index in [1.54, 1.807) is 0 Å². The van der Waals surface area contributed by atoms with Gasteiger partial charge < -0.3 is 33.8 Å². The van der Waals surface area contributed by atoms with Gasteiger partial charge in [-0.2, -0.15) is 0 Å². The van der Waals surface area contributed by atoms with Crippen LogP contribution in [0.15, 0.2) is 0 Å². The third-order valence-electron chi connectivity index (χ3n) is 18.5. The maximum Gasteiger partial charge on any atom is 0.472 e. The zero-order valence-electron chi connectivity index (χ0n) is 63.9. The normalized spacial score (nSPS) is 13.9. The van der Waals surface area contributed by atoms with E-state index < -0.39 is 97.5 Å². The summed E-state index contributed by atoms with van der Waals surface area (Å²) >= 11 is 0. The Bertz CT molecular complexity index is 1870. The van der Waals surface area contributed by atoms with Crippen LogP contribution in [0.5, 0.6) is 0 Å². The molecule has 19 heteroatoms. The minimum atomic E-state index is -4.96. The molecule has 0 aromatic carbocycles. The molecule has 17 nitrogen and oxygen atoms in total. The molecule has 0 rings (SSSR count). The fraction of sp³-hybridized carbons (Fsp3) is 0.949. The van der Waals surface area contributed by atoms with Crippen LogP contribution < -0.4 is 0 Å². The second-order valence-corrected chi connectivity index (χ2v) is 31.8. The van der Waals surface area contributed by atoms with Crippen LogP contribution in [0.1, 0.15) is 420 Å². The lowest BCUT2D eigenvalue weighted by Crippen LogP contribution is -2.30. The van der Waals surface area contributed by atoms with Gasteiger partial charge in [0.1, 0.15) is 19.3 Å². The van der Waals surface area contributed by atoms with Crippen LogP contribution in [0.25, 0.3) is 0 Å². The lowest BCUT2D eigenvalue weighted by Gasteiger charge is -2.21. The van der Waals surface area contributed by atoms with E-state index in [0.717, 1.165) is 102 Å². The highest BCUT2D eigenvalue weighted by Gasteiger charge is 2.30. The number of ether oxygens (including phenoxy) is 4. The van der Waals surface area contributed by atoms with Gasteiger partial charge in [0.05, 0.1) is 26.4 Å². The van der Waals surface area contributed by atoms with Crippen molar-refractivity contribution in [2.75, 3.05) is 39.6 Å². The van der Waals surface area contributed by atoms with Crippen molar-refractivity contribution in [1.29, 1.82) is 0 Å². The number of hydrogen-bond donors (Lipinski definition) is 3. The van der Waals surface area contributed by atoms with Crippen molar-refractivity contribution in [2.45, 2.75) is 438 Å². The van der Waals surface area contributed by atoms with Gasteiger partial charge in [0.15, 0.2) is 12.2 Å². The average Bonchev–Trinajstić information content (AvgIpc) is 1.24. The molecule has 0 bridgehead atoms. The van der Waals surface area contributed by atoms with E-state index in [9.17, 15) is 43.2 Å². The van der Waals surface area contributed by atoms with Crippen LogP contribution in [-0.4, -0.2) is 96.7 Å². The summed E-state index contributed by atoms with van der Waals surface area (Å²) in [6.07, 6.45) is 62.9. The molecule has 0 amide bonds. The van der Waals surface area contributed by atoms with Crippen molar-refractivity contribution >= 4 is 39.5 Å². The van der Waals surface area contributed by atoms with Gasteiger partial charge in [-0.3, -0.25) is 37.3 Å². The number of unbranched alkanes of at least 4 members (excludes halogenated alkanes) is 51.